The number of pyridine rings is 1. The highest BCUT2D eigenvalue weighted by Crippen LogP contribution is 2.23. The summed E-state index contributed by atoms with van der Waals surface area (Å²) in [6.07, 6.45) is 0. The average Bonchev–Trinajstić information content (AvgIpc) is 2.38. The molecule has 0 aliphatic heterocycles. The summed E-state index contributed by atoms with van der Waals surface area (Å²) >= 11 is 11.7. The number of carbonyl (C=O) groups excluding carboxylic acids is 1. The molecule has 0 saturated carbocycles. The molecule has 0 atom stereocenters. The fourth-order valence-corrected chi connectivity index (χ4v) is 2.35. The van der Waals surface area contributed by atoms with Gasteiger partial charge in [-0.25, -0.2) is 4.98 Å². The average molecular weight is 311 g/mol. The Morgan fingerprint density at radius 2 is 1.90 bits per heavy atom. The predicted molar refractivity (Wildman–Crippen MR) is 79.9 cm³/mol. The Balaban J connectivity index is 2.23. The zero-order valence-electron chi connectivity index (χ0n) is 10.9. The molecule has 2 aromatic rings. The molecule has 2 rings (SSSR count). The van der Waals surface area contributed by atoms with Crippen molar-refractivity contribution < 1.29 is 9.53 Å². The number of benzene rings is 1. The van der Waals surface area contributed by atoms with Crippen LogP contribution in [0.1, 0.15) is 15.9 Å². The van der Waals surface area contributed by atoms with E-state index in [1.807, 2.05) is 0 Å². The summed E-state index contributed by atoms with van der Waals surface area (Å²) in [6.45, 7) is 1.75. The largest absolute Gasteiger partial charge is 0.497 e. The lowest BCUT2D eigenvalue weighted by Gasteiger charge is -2.09. The Hall–Kier alpha value is -1.78. The Labute approximate surface area is 126 Å². The molecule has 104 valence electrons. The summed E-state index contributed by atoms with van der Waals surface area (Å²) in [5, 5.41) is 3.09. The van der Waals surface area contributed by atoms with E-state index in [9.17, 15) is 4.79 Å². The van der Waals surface area contributed by atoms with E-state index in [4.69, 9.17) is 27.9 Å². The summed E-state index contributed by atoms with van der Waals surface area (Å²) < 4.78 is 5.05. The second-order valence-electron chi connectivity index (χ2n) is 4.11. The molecule has 0 spiro atoms. The van der Waals surface area contributed by atoms with Gasteiger partial charge in [0, 0.05) is 5.69 Å². The van der Waals surface area contributed by atoms with Crippen molar-refractivity contribution in [2.24, 2.45) is 0 Å². The van der Waals surface area contributed by atoms with E-state index in [0.29, 0.717) is 22.6 Å². The molecular weight excluding hydrogens is 299 g/mol. The Morgan fingerprint density at radius 3 is 2.45 bits per heavy atom. The number of aromatic nitrogens is 1. The zero-order valence-corrected chi connectivity index (χ0v) is 12.4. The fraction of sp³-hybridized carbons (Fsp3) is 0.143. The van der Waals surface area contributed by atoms with Gasteiger partial charge in [-0.15, -0.1) is 0 Å². The SMILES string of the molecule is COc1ccc(NC(=O)c2c(C)cc(Cl)nc2Cl)cc1. The van der Waals surface area contributed by atoms with Crippen molar-refractivity contribution >= 4 is 34.8 Å². The lowest BCUT2D eigenvalue weighted by Crippen LogP contribution is -2.14. The van der Waals surface area contributed by atoms with Crippen molar-refractivity contribution in [3.05, 3.63) is 51.8 Å². The highest BCUT2D eigenvalue weighted by Gasteiger charge is 2.16. The summed E-state index contributed by atoms with van der Waals surface area (Å²) in [5.41, 5.74) is 1.62. The molecule has 0 unspecified atom stereocenters. The molecule has 1 N–H and O–H groups in total. The van der Waals surface area contributed by atoms with Crippen LogP contribution in [0.25, 0.3) is 0 Å². The van der Waals surface area contributed by atoms with Crippen LogP contribution < -0.4 is 10.1 Å². The van der Waals surface area contributed by atoms with Gasteiger partial charge in [0.15, 0.2) is 0 Å². The smallest absolute Gasteiger partial charge is 0.259 e. The van der Waals surface area contributed by atoms with Crippen LogP contribution in [-0.4, -0.2) is 18.0 Å². The molecule has 6 heteroatoms. The van der Waals surface area contributed by atoms with Crippen LogP contribution in [0, 0.1) is 6.92 Å². The van der Waals surface area contributed by atoms with Gasteiger partial charge in [0.1, 0.15) is 16.1 Å². The standard InChI is InChI=1S/C14H12Cl2N2O2/c1-8-7-11(15)18-13(16)12(8)14(19)17-9-3-5-10(20-2)6-4-9/h3-7H,1-2H3,(H,17,19). The number of anilines is 1. The minimum atomic E-state index is -0.332. The zero-order chi connectivity index (χ0) is 14.7. The van der Waals surface area contributed by atoms with E-state index >= 15 is 0 Å². The third kappa shape index (κ3) is 3.21. The first-order valence-electron chi connectivity index (χ1n) is 5.79. The number of carbonyl (C=O) groups is 1. The number of ether oxygens (including phenoxy) is 1. The topological polar surface area (TPSA) is 51.2 Å². The van der Waals surface area contributed by atoms with E-state index in [2.05, 4.69) is 10.3 Å². The number of hydrogen-bond donors (Lipinski definition) is 1. The van der Waals surface area contributed by atoms with Crippen molar-refractivity contribution in [3.63, 3.8) is 0 Å². The number of rotatable bonds is 3. The molecular formula is C14H12Cl2N2O2. The molecule has 0 aliphatic rings. The maximum absolute atomic E-state index is 12.2. The number of hydrogen-bond acceptors (Lipinski definition) is 3. The minimum absolute atomic E-state index is 0.0843. The van der Waals surface area contributed by atoms with Gasteiger partial charge in [0.2, 0.25) is 0 Å². The number of nitrogens with zero attached hydrogens (tertiary/aromatic N) is 1. The Morgan fingerprint density at radius 1 is 1.25 bits per heavy atom. The number of amides is 1. The lowest BCUT2D eigenvalue weighted by molar-refractivity contribution is 0.102. The van der Waals surface area contributed by atoms with Crippen LogP contribution in [0.15, 0.2) is 30.3 Å². The van der Waals surface area contributed by atoms with Gasteiger partial charge in [0.05, 0.1) is 12.7 Å². The van der Waals surface area contributed by atoms with Crippen LogP contribution in [0.4, 0.5) is 5.69 Å². The molecule has 1 aromatic carbocycles. The first-order valence-corrected chi connectivity index (χ1v) is 6.55. The molecule has 0 aliphatic carbocycles. The third-order valence-electron chi connectivity index (χ3n) is 2.72. The quantitative estimate of drug-likeness (QED) is 0.873. The monoisotopic (exact) mass is 310 g/mol. The molecule has 0 fully saturated rings. The summed E-state index contributed by atoms with van der Waals surface area (Å²) in [5.74, 6) is 0.382. The normalized spacial score (nSPS) is 10.2. The van der Waals surface area contributed by atoms with Crippen LogP contribution in [0.3, 0.4) is 0 Å². The van der Waals surface area contributed by atoms with Gasteiger partial charge in [-0.05, 0) is 42.8 Å². The number of halogens is 2. The predicted octanol–water partition coefficient (Wildman–Crippen LogP) is 3.96. The molecule has 1 amide bonds. The molecule has 1 heterocycles. The number of nitrogens with one attached hydrogen (secondary N) is 1. The van der Waals surface area contributed by atoms with Crippen molar-refractivity contribution in [2.75, 3.05) is 12.4 Å². The summed E-state index contributed by atoms with van der Waals surface area (Å²) in [6, 6.07) is 8.58. The first kappa shape index (κ1) is 14.6. The van der Waals surface area contributed by atoms with Crippen molar-refractivity contribution in [2.45, 2.75) is 6.92 Å². The highest BCUT2D eigenvalue weighted by atomic mass is 35.5. The van der Waals surface area contributed by atoms with Crippen LogP contribution in [-0.2, 0) is 0 Å². The molecule has 0 radical (unpaired) electrons. The van der Waals surface area contributed by atoms with Crippen LogP contribution in [0.5, 0.6) is 5.75 Å². The van der Waals surface area contributed by atoms with E-state index in [0.717, 1.165) is 0 Å². The van der Waals surface area contributed by atoms with Gasteiger partial charge in [-0.3, -0.25) is 4.79 Å². The Kier molecular flexibility index (Phi) is 4.47. The maximum atomic E-state index is 12.2. The van der Waals surface area contributed by atoms with E-state index in [-0.39, 0.29) is 16.2 Å². The molecule has 0 bridgehead atoms. The van der Waals surface area contributed by atoms with Crippen molar-refractivity contribution in [3.8, 4) is 5.75 Å². The molecule has 1 aromatic heterocycles. The van der Waals surface area contributed by atoms with E-state index in [1.54, 1.807) is 44.4 Å². The van der Waals surface area contributed by atoms with Gasteiger partial charge in [0.25, 0.3) is 5.91 Å². The molecule has 20 heavy (non-hydrogen) atoms. The minimum Gasteiger partial charge on any atom is -0.497 e. The number of methoxy groups -OCH3 is 1. The van der Waals surface area contributed by atoms with Crippen molar-refractivity contribution in [1.82, 2.24) is 4.98 Å². The highest BCUT2D eigenvalue weighted by molar-refractivity contribution is 6.35. The fourth-order valence-electron chi connectivity index (χ4n) is 1.74. The van der Waals surface area contributed by atoms with Gasteiger partial charge in [-0.1, -0.05) is 23.2 Å². The number of aryl methyl sites for hydroxylation is 1. The Bertz CT molecular complexity index is 619. The summed E-state index contributed by atoms with van der Waals surface area (Å²) in [4.78, 5) is 16.1. The van der Waals surface area contributed by atoms with Crippen LogP contribution >= 0.6 is 23.2 Å². The second kappa shape index (κ2) is 6.11. The summed E-state index contributed by atoms with van der Waals surface area (Å²) in [7, 11) is 1.58. The lowest BCUT2D eigenvalue weighted by atomic mass is 10.1. The van der Waals surface area contributed by atoms with Crippen LogP contribution in [0.2, 0.25) is 10.3 Å². The van der Waals surface area contributed by atoms with E-state index < -0.39 is 0 Å². The van der Waals surface area contributed by atoms with E-state index in [1.165, 1.54) is 0 Å². The molecule has 0 saturated heterocycles. The van der Waals surface area contributed by atoms with Crippen molar-refractivity contribution in [1.29, 1.82) is 0 Å². The second-order valence-corrected chi connectivity index (χ2v) is 4.86. The van der Waals surface area contributed by atoms with Gasteiger partial charge in [-0.2, -0.15) is 0 Å². The third-order valence-corrected chi connectivity index (χ3v) is 3.18. The first-order chi connectivity index (χ1) is 9.51. The molecule has 4 nitrogen and oxygen atoms in total. The van der Waals surface area contributed by atoms with Gasteiger partial charge >= 0.3 is 0 Å². The van der Waals surface area contributed by atoms with Gasteiger partial charge < -0.3 is 10.1 Å². The maximum Gasteiger partial charge on any atom is 0.259 e.